The summed E-state index contributed by atoms with van der Waals surface area (Å²) in [4.78, 5) is 56.7. The number of benzene rings is 4. The molecule has 4 aromatic carbocycles. The van der Waals surface area contributed by atoms with E-state index in [0.717, 1.165) is 65.8 Å². The van der Waals surface area contributed by atoms with Crippen molar-refractivity contribution in [1.82, 2.24) is 29.7 Å². The summed E-state index contributed by atoms with van der Waals surface area (Å²) in [5.74, 6) is 5.21. The second kappa shape index (κ2) is 22.0. The highest BCUT2D eigenvalue weighted by Crippen LogP contribution is 2.33. The third-order valence-electron chi connectivity index (χ3n) is 12.9. The van der Waals surface area contributed by atoms with E-state index in [4.69, 9.17) is 27.5 Å². The van der Waals surface area contributed by atoms with E-state index >= 15 is 0 Å². The molecule has 11 rings (SSSR count). The average molecular weight is 961 g/mol. The van der Waals surface area contributed by atoms with E-state index in [0.29, 0.717) is 66.9 Å². The number of oxazole rings is 3. The number of hydrogen-bond donors (Lipinski definition) is 0. The average Bonchev–Trinajstić information content (AvgIpc) is 3.72. The van der Waals surface area contributed by atoms with E-state index in [1.807, 2.05) is 131 Å². The van der Waals surface area contributed by atoms with E-state index in [1.165, 1.54) is 12.8 Å². The molecule has 1 aliphatic carbocycles. The summed E-state index contributed by atoms with van der Waals surface area (Å²) >= 11 is 0. The third-order valence-corrected chi connectivity index (χ3v) is 12.9. The lowest BCUT2D eigenvalue weighted by Crippen LogP contribution is -2.48. The van der Waals surface area contributed by atoms with Gasteiger partial charge in [0.1, 0.15) is 17.2 Å². The van der Waals surface area contributed by atoms with Crippen molar-refractivity contribution in [3.05, 3.63) is 179 Å². The van der Waals surface area contributed by atoms with Crippen molar-refractivity contribution in [2.75, 3.05) is 26.2 Å². The Morgan fingerprint density at radius 3 is 1.34 bits per heavy atom. The van der Waals surface area contributed by atoms with Gasteiger partial charge in [-0.2, -0.15) is 0 Å². The molecular weight excluding hydrogens is 901 g/mol. The summed E-state index contributed by atoms with van der Waals surface area (Å²) in [5.41, 5.74) is 3.35. The van der Waals surface area contributed by atoms with Crippen LogP contribution >= 0.6 is 0 Å². The first-order valence-corrected chi connectivity index (χ1v) is 24.4. The maximum atomic E-state index is 12.7. The van der Waals surface area contributed by atoms with Gasteiger partial charge in [0.15, 0.2) is 19.8 Å². The normalized spacial score (nSPS) is 15.6. The molecular formula is C56H60N6O9. The first-order chi connectivity index (χ1) is 34.4. The highest BCUT2D eigenvalue weighted by Gasteiger charge is 2.37. The summed E-state index contributed by atoms with van der Waals surface area (Å²) in [6.07, 6.45) is 4.66. The van der Waals surface area contributed by atoms with Crippen LogP contribution in [0.4, 0.5) is 0 Å². The molecule has 0 radical (unpaired) electrons. The van der Waals surface area contributed by atoms with Crippen molar-refractivity contribution in [2.45, 2.75) is 92.2 Å². The molecule has 1 atom stereocenters. The van der Waals surface area contributed by atoms with Crippen LogP contribution in [0.1, 0.15) is 113 Å². The van der Waals surface area contributed by atoms with Crippen LogP contribution in [0.2, 0.25) is 0 Å². The number of ether oxygens (including phenoxy) is 3. The molecule has 0 saturated heterocycles. The number of hydrogen-bond acceptors (Lipinski definition) is 12. The number of fused-ring (bicyclic) bond motifs is 3. The lowest BCUT2D eigenvalue weighted by atomic mass is 9.86. The minimum Gasteiger partial charge on any atom is -0.484 e. The van der Waals surface area contributed by atoms with E-state index < -0.39 is 0 Å². The van der Waals surface area contributed by atoms with Crippen LogP contribution < -0.4 is 14.2 Å². The van der Waals surface area contributed by atoms with Crippen LogP contribution in [-0.4, -0.2) is 79.6 Å². The summed E-state index contributed by atoms with van der Waals surface area (Å²) in [6.45, 7) is 12.7. The highest BCUT2D eigenvalue weighted by molar-refractivity contribution is 5.94. The number of rotatable bonds is 14. The first kappa shape index (κ1) is 48.3. The molecule has 6 heterocycles. The molecule has 368 valence electrons. The number of carbonyl (C=O) groups excluding carboxylic acids is 3. The van der Waals surface area contributed by atoms with Gasteiger partial charge in [-0.3, -0.25) is 14.4 Å². The van der Waals surface area contributed by atoms with E-state index in [1.54, 1.807) is 4.90 Å². The van der Waals surface area contributed by atoms with Gasteiger partial charge in [0, 0.05) is 58.0 Å². The molecule has 3 aliphatic heterocycles. The minimum atomic E-state index is -0.108. The van der Waals surface area contributed by atoms with Crippen LogP contribution in [0.5, 0.6) is 17.2 Å². The Morgan fingerprint density at radius 2 is 0.915 bits per heavy atom. The molecule has 0 N–H and O–H groups in total. The fraction of sp³-hybridized carbons (Fsp3) is 0.357. The molecule has 1 saturated carbocycles. The molecule has 0 spiro atoms. The van der Waals surface area contributed by atoms with Crippen LogP contribution in [0.25, 0.3) is 0 Å². The van der Waals surface area contributed by atoms with Crippen molar-refractivity contribution < 1.29 is 41.8 Å². The van der Waals surface area contributed by atoms with Gasteiger partial charge in [0.2, 0.25) is 35.0 Å². The summed E-state index contributed by atoms with van der Waals surface area (Å²) in [7, 11) is 0. The quantitative estimate of drug-likeness (QED) is 0.101. The topological polar surface area (TPSA) is 167 Å². The second-order valence-electron chi connectivity index (χ2n) is 19.2. The van der Waals surface area contributed by atoms with E-state index in [-0.39, 0.29) is 49.0 Å². The van der Waals surface area contributed by atoms with Gasteiger partial charge in [-0.25, -0.2) is 15.0 Å². The lowest BCUT2D eigenvalue weighted by Gasteiger charge is -2.39. The molecule has 71 heavy (non-hydrogen) atoms. The van der Waals surface area contributed by atoms with Crippen molar-refractivity contribution in [1.29, 1.82) is 0 Å². The van der Waals surface area contributed by atoms with Gasteiger partial charge < -0.3 is 42.2 Å². The minimum absolute atomic E-state index is 0.0203. The van der Waals surface area contributed by atoms with Gasteiger partial charge in [0.25, 0.3) is 17.7 Å². The van der Waals surface area contributed by atoms with Crippen LogP contribution in [0.3, 0.4) is 0 Å². The zero-order valence-corrected chi connectivity index (χ0v) is 40.8. The smallest absolute Gasteiger partial charge is 0.291 e. The number of nitrogens with zero attached hydrogens (tertiary/aromatic N) is 6. The summed E-state index contributed by atoms with van der Waals surface area (Å²) < 4.78 is 34.0. The highest BCUT2D eigenvalue weighted by atomic mass is 16.5. The van der Waals surface area contributed by atoms with Crippen LogP contribution in [0.15, 0.2) is 135 Å². The van der Waals surface area contributed by atoms with Gasteiger partial charge in [-0.15, -0.1) is 0 Å². The van der Waals surface area contributed by atoms with Crippen LogP contribution in [-0.2, 0) is 45.6 Å². The van der Waals surface area contributed by atoms with E-state index in [9.17, 15) is 14.4 Å². The van der Waals surface area contributed by atoms with Crippen molar-refractivity contribution in [2.24, 2.45) is 11.3 Å². The Labute approximate surface area is 413 Å². The zero-order valence-electron chi connectivity index (χ0n) is 40.8. The lowest BCUT2D eigenvalue weighted by molar-refractivity contribution is 0.0493. The third kappa shape index (κ3) is 12.4. The van der Waals surface area contributed by atoms with Gasteiger partial charge in [-0.1, -0.05) is 106 Å². The summed E-state index contributed by atoms with van der Waals surface area (Å²) in [6, 6.07) is 38.6. The molecule has 0 unspecified atom stereocenters. The number of carbonyl (C=O) groups is 3. The standard InChI is InChI=1S/C20H18N2O3.C19H24N2O3.C17H18N2O3/c23-20-19-17(11-12-22(20)13-15-7-3-1-4-8-15)21-18(25-19)14-24-16-9-5-2-6-10-16;1-13(19(2,3)4)21-11-10-15-17(18(21)22)24-16(20-15)12-23-14-8-6-5-7-9-14;20-17-16-14(8-9-19(17)10-12-6-7-12)18-15(22-16)11-21-13-4-2-1-3-5-13/h1-10H,11-14H2;5-9,13H,10-12H2,1-4H3;1-5,12H,6-11H2/t;13-;/m.1./s1. The summed E-state index contributed by atoms with van der Waals surface area (Å²) in [5, 5.41) is 0. The Kier molecular flexibility index (Phi) is 14.9. The van der Waals surface area contributed by atoms with Crippen molar-refractivity contribution in [3.8, 4) is 17.2 Å². The molecule has 3 amide bonds. The number of para-hydroxylation sites is 3. The van der Waals surface area contributed by atoms with Crippen molar-refractivity contribution >= 4 is 17.7 Å². The maximum Gasteiger partial charge on any atom is 0.291 e. The maximum absolute atomic E-state index is 12.7. The fourth-order valence-electron chi connectivity index (χ4n) is 8.39. The SMILES string of the molecule is C[C@@H](N1CCc2nc(COc3ccccc3)oc2C1=O)C(C)(C)C.O=C1c2oc(COc3ccccc3)nc2CCN1CC1CC1.O=C1c2oc(COc3ccccc3)nc2CCN1Cc1ccccc1. The van der Waals surface area contributed by atoms with Crippen LogP contribution in [0, 0.1) is 11.3 Å². The second-order valence-corrected chi connectivity index (χ2v) is 19.2. The Morgan fingerprint density at radius 1 is 0.535 bits per heavy atom. The van der Waals surface area contributed by atoms with Crippen molar-refractivity contribution in [3.63, 3.8) is 0 Å². The predicted octanol–water partition coefficient (Wildman–Crippen LogP) is 9.80. The number of aromatic nitrogens is 3. The predicted molar refractivity (Wildman–Crippen MR) is 263 cm³/mol. The molecule has 15 nitrogen and oxygen atoms in total. The number of amides is 3. The zero-order chi connectivity index (χ0) is 49.3. The molecule has 1 fully saturated rings. The first-order valence-electron chi connectivity index (χ1n) is 24.4. The molecule has 15 heteroatoms. The van der Waals surface area contributed by atoms with E-state index in [2.05, 4.69) is 42.6 Å². The molecule has 0 bridgehead atoms. The Bertz CT molecular complexity index is 2870. The molecule has 4 aliphatic rings. The Hall–Kier alpha value is -7.68. The van der Waals surface area contributed by atoms with Gasteiger partial charge in [0.05, 0.1) is 17.1 Å². The molecule has 3 aromatic heterocycles. The molecule has 7 aromatic rings. The Balaban J connectivity index is 0.000000132. The van der Waals surface area contributed by atoms with Gasteiger partial charge in [-0.05, 0) is 73.1 Å². The largest absolute Gasteiger partial charge is 0.484 e. The fourth-order valence-corrected chi connectivity index (χ4v) is 8.39. The van der Waals surface area contributed by atoms with Gasteiger partial charge >= 0.3 is 0 Å². The monoisotopic (exact) mass is 960 g/mol.